The molecule has 0 aliphatic carbocycles. The molecule has 0 unspecified atom stereocenters. The minimum absolute atomic E-state index is 0.494. The molecule has 0 saturated carbocycles. The van der Waals surface area contributed by atoms with Gasteiger partial charge in [-0.3, -0.25) is 4.79 Å². The lowest BCUT2D eigenvalue weighted by atomic mass is 10.2. The maximum Gasteiger partial charge on any atom is 0.273 e. The summed E-state index contributed by atoms with van der Waals surface area (Å²) >= 11 is 7.56. The van der Waals surface area contributed by atoms with E-state index in [1.807, 2.05) is 0 Å². The monoisotopic (exact) mass is 287 g/mol. The Morgan fingerprint density at radius 2 is 2.14 bits per heavy atom. The fraction of sp³-hybridized carbons (Fsp3) is 0.143. The van der Waals surface area contributed by atoms with Gasteiger partial charge < -0.3 is 0 Å². The molecule has 1 aromatic rings. The molecule has 1 heterocycles. The second-order valence-corrected chi connectivity index (χ2v) is 3.40. The summed E-state index contributed by atoms with van der Waals surface area (Å²) in [5.74, 6) is -1.18. The second-order valence-electron chi connectivity index (χ2n) is 2.26. The molecule has 76 valence electrons. The van der Waals surface area contributed by atoms with Crippen LogP contribution in [0.5, 0.6) is 0 Å². The van der Waals surface area contributed by atoms with E-state index in [1.165, 1.54) is 0 Å². The Morgan fingerprint density at radius 3 is 2.57 bits per heavy atom. The predicted molar refractivity (Wildman–Crippen MR) is 47.0 cm³/mol. The number of pyridine rings is 1. The number of carbonyl (C=O) groups excluding carboxylic acids is 1. The Morgan fingerprint density at radius 1 is 1.57 bits per heavy atom. The van der Waals surface area contributed by atoms with Crippen LogP contribution in [-0.4, -0.2) is 10.2 Å². The molecule has 0 spiro atoms. The number of nitrogens with zero attached hydrogens (tertiary/aromatic N) is 1. The second kappa shape index (κ2) is 4.27. The van der Waals surface area contributed by atoms with Crippen molar-refractivity contribution in [2.75, 3.05) is 0 Å². The summed E-state index contributed by atoms with van der Waals surface area (Å²) in [7, 11) is 0. The van der Waals surface area contributed by atoms with Crippen LogP contribution in [0.1, 0.15) is 22.5 Å². The van der Waals surface area contributed by atoms with E-state index < -0.39 is 33.2 Å². The SMILES string of the molecule is O=C(Cl)c1ncc(C(F)F)c(Br)c1F. The van der Waals surface area contributed by atoms with Crippen LogP contribution in [0.4, 0.5) is 13.2 Å². The zero-order valence-electron chi connectivity index (χ0n) is 6.40. The molecule has 0 saturated heterocycles. The highest BCUT2D eigenvalue weighted by molar-refractivity contribution is 9.10. The van der Waals surface area contributed by atoms with Gasteiger partial charge in [0.05, 0.1) is 10.0 Å². The first-order chi connectivity index (χ1) is 6.45. The summed E-state index contributed by atoms with van der Waals surface area (Å²) in [6.07, 6.45) is -2.17. The molecular formula is C7H2BrClF3NO. The van der Waals surface area contributed by atoms with Gasteiger partial charge in [-0.1, -0.05) is 0 Å². The largest absolute Gasteiger partial charge is 0.274 e. The van der Waals surface area contributed by atoms with Gasteiger partial charge in [-0.25, -0.2) is 18.2 Å². The van der Waals surface area contributed by atoms with Crippen molar-refractivity contribution >= 4 is 32.8 Å². The first-order valence-corrected chi connectivity index (χ1v) is 4.44. The Bertz CT molecular complexity index is 385. The van der Waals surface area contributed by atoms with E-state index in [2.05, 4.69) is 20.9 Å². The molecule has 7 heteroatoms. The molecule has 1 aromatic heterocycles. The van der Waals surface area contributed by atoms with E-state index >= 15 is 0 Å². The lowest BCUT2D eigenvalue weighted by Crippen LogP contribution is -2.03. The zero-order chi connectivity index (χ0) is 10.9. The van der Waals surface area contributed by atoms with Crippen molar-refractivity contribution in [2.45, 2.75) is 6.43 Å². The van der Waals surface area contributed by atoms with E-state index in [9.17, 15) is 18.0 Å². The quantitative estimate of drug-likeness (QED) is 0.782. The Hall–Kier alpha value is -0.620. The van der Waals surface area contributed by atoms with Crippen LogP contribution in [0, 0.1) is 5.82 Å². The van der Waals surface area contributed by atoms with E-state index in [-0.39, 0.29) is 0 Å². The Balaban J connectivity index is 3.33. The first kappa shape index (κ1) is 11.5. The highest BCUT2D eigenvalue weighted by Gasteiger charge is 2.21. The average molecular weight is 288 g/mol. The van der Waals surface area contributed by atoms with Crippen molar-refractivity contribution in [3.8, 4) is 0 Å². The Kier molecular flexibility index (Phi) is 3.49. The zero-order valence-corrected chi connectivity index (χ0v) is 8.74. The third-order valence-electron chi connectivity index (χ3n) is 1.41. The molecule has 2 nitrogen and oxygen atoms in total. The van der Waals surface area contributed by atoms with Crippen molar-refractivity contribution in [3.63, 3.8) is 0 Å². The van der Waals surface area contributed by atoms with Crippen molar-refractivity contribution in [1.29, 1.82) is 0 Å². The lowest BCUT2D eigenvalue weighted by Gasteiger charge is -2.04. The summed E-state index contributed by atoms with van der Waals surface area (Å²) in [6.45, 7) is 0. The van der Waals surface area contributed by atoms with E-state index in [0.29, 0.717) is 6.20 Å². The number of aromatic nitrogens is 1. The van der Waals surface area contributed by atoms with Gasteiger partial charge in [0.2, 0.25) is 0 Å². The molecule has 0 aliphatic heterocycles. The molecule has 0 aromatic carbocycles. The van der Waals surface area contributed by atoms with Gasteiger partial charge in [-0.2, -0.15) is 0 Å². The molecule has 0 N–H and O–H groups in total. The number of hydrogen-bond donors (Lipinski definition) is 0. The highest BCUT2D eigenvalue weighted by atomic mass is 79.9. The third kappa shape index (κ3) is 2.06. The van der Waals surface area contributed by atoms with Crippen molar-refractivity contribution in [2.24, 2.45) is 0 Å². The molecular weight excluding hydrogens is 286 g/mol. The van der Waals surface area contributed by atoms with Crippen LogP contribution >= 0.6 is 27.5 Å². The molecule has 0 aliphatic rings. The minimum atomic E-state index is -2.87. The van der Waals surface area contributed by atoms with Crippen LogP contribution in [-0.2, 0) is 0 Å². The van der Waals surface area contributed by atoms with E-state index in [1.54, 1.807) is 0 Å². The average Bonchev–Trinajstić information content (AvgIpc) is 2.08. The van der Waals surface area contributed by atoms with Crippen molar-refractivity contribution in [1.82, 2.24) is 4.98 Å². The first-order valence-electron chi connectivity index (χ1n) is 3.27. The highest BCUT2D eigenvalue weighted by Crippen LogP contribution is 2.30. The number of rotatable bonds is 2. The molecule has 14 heavy (non-hydrogen) atoms. The molecule has 0 atom stereocenters. The van der Waals surface area contributed by atoms with E-state index in [4.69, 9.17) is 11.6 Å². The van der Waals surface area contributed by atoms with Crippen LogP contribution < -0.4 is 0 Å². The summed E-state index contributed by atoms with van der Waals surface area (Å²) < 4.78 is 37.0. The summed E-state index contributed by atoms with van der Waals surface area (Å²) in [4.78, 5) is 13.7. The standard InChI is InChI=1S/C7H2BrClF3NO/c8-3-2(7(11)12)1-13-5(4(3)10)6(9)14/h1,7H. The number of hydrogen-bond acceptors (Lipinski definition) is 2. The van der Waals surface area contributed by atoms with Gasteiger partial charge in [-0.05, 0) is 27.5 Å². The topological polar surface area (TPSA) is 30.0 Å². The number of alkyl halides is 2. The van der Waals surface area contributed by atoms with Gasteiger partial charge in [0.15, 0.2) is 11.5 Å². The van der Waals surface area contributed by atoms with Crippen LogP contribution in [0.2, 0.25) is 0 Å². The van der Waals surface area contributed by atoms with Gasteiger partial charge in [0.1, 0.15) is 0 Å². The van der Waals surface area contributed by atoms with Crippen LogP contribution in [0.25, 0.3) is 0 Å². The maximum absolute atomic E-state index is 13.1. The minimum Gasteiger partial charge on any atom is -0.274 e. The fourth-order valence-corrected chi connectivity index (χ4v) is 1.36. The van der Waals surface area contributed by atoms with Gasteiger partial charge in [0, 0.05) is 6.20 Å². The van der Waals surface area contributed by atoms with Gasteiger partial charge in [0.25, 0.3) is 11.7 Å². The molecule has 1 rings (SSSR count). The molecule has 0 bridgehead atoms. The maximum atomic E-state index is 13.1. The summed E-state index contributed by atoms with van der Waals surface area (Å²) in [6, 6.07) is 0. The third-order valence-corrected chi connectivity index (χ3v) is 2.39. The van der Waals surface area contributed by atoms with Gasteiger partial charge in [-0.15, -0.1) is 0 Å². The lowest BCUT2D eigenvalue weighted by molar-refractivity contribution is 0.107. The smallest absolute Gasteiger partial charge is 0.273 e. The number of carbonyl (C=O) groups is 1. The van der Waals surface area contributed by atoms with Crippen LogP contribution in [0.3, 0.4) is 0 Å². The van der Waals surface area contributed by atoms with Crippen LogP contribution in [0.15, 0.2) is 10.7 Å². The molecule has 0 amide bonds. The summed E-state index contributed by atoms with van der Waals surface area (Å²) in [5.41, 5.74) is -1.30. The van der Waals surface area contributed by atoms with Gasteiger partial charge >= 0.3 is 0 Å². The van der Waals surface area contributed by atoms with Crippen molar-refractivity contribution in [3.05, 3.63) is 27.7 Å². The number of halogens is 5. The molecule has 0 fully saturated rings. The fourth-order valence-electron chi connectivity index (χ4n) is 0.767. The summed E-state index contributed by atoms with van der Waals surface area (Å²) in [5, 5.41) is -1.14. The molecule has 0 radical (unpaired) electrons. The van der Waals surface area contributed by atoms with Crippen molar-refractivity contribution < 1.29 is 18.0 Å². The predicted octanol–water partition coefficient (Wildman–Crippen LogP) is 3.30. The normalized spacial score (nSPS) is 10.7. The van der Waals surface area contributed by atoms with E-state index in [0.717, 1.165) is 0 Å². The Labute approximate surface area is 90.2 Å².